The van der Waals surface area contributed by atoms with Gasteiger partial charge in [-0.25, -0.2) is 8.42 Å². The zero-order valence-electron chi connectivity index (χ0n) is 12.1. The summed E-state index contributed by atoms with van der Waals surface area (Å²) in [5, 5.41) is 0. The molecule has 110 valence electrons. The van der Waals surface area contributed by atoms with Gasteiger partial charge in [-0.3, -0.25) is 0 Å². The lowest BCUT2D eigenvalue weighted by molar-refractivity contribution is 0.337. The number of furan rings is 1. The predicted octanol–water partition coefficient (Wildman–Crippen LogP) is 3.38. The van der Waals surface area contributed by atoms with Crippen LogP contribution >= 0.6 is 11.6 Å². The molecule has 1 aromatic heterocycles. The molecule has 1 unspecified atom stereocenters. The van der Waals surface area contributed by atoms with E-state index in [4.69, 9.17) is 16.0 Å². The molecule has 0 amide bonds. The van der Waals surface area contributed by atoms with E-state index in [1.54, 1.807) is 14.0 Å². The van der Waals surface area contributed by atoms with Crippen LogP contribution in [-0.2, 0) is 15.9 Å². The zero-order chi connectivity index (χ0) is 14.8. The second kappa shape index (κ2) is 6.29. The molecule has 0 aromatic carbocycles. The van der Waals surface area contributed by atoms with Crippen LogP contribution in [0.4, 0.5) is 0 Å². The van der Waals surface area contributed by atoms with Crippen molar-refractivity contribution in [2.24, 2.45) is 5.92 Å². The monoisotopic (exact) mass is 307 g/mol. The van der Waals surface area contributed by atoms with Gasteiger partial charge in [-0.2, -0.15) is 4.31 Å². The average Bonchev–Trinajstić information content (AvgIpc) is 2.69. The van der Waals surface area contributed by atoms with Gasteiger partial charge in [0.15, 0.2) is 0 Å². The molecule has 1 aromatic rings. The minimum atomic E-state index is -3.52. The Morgan fingerprint density at radius 1 is 1.37 bits per heavy atom. The molecule has 1 rings (SSSR count). The van der Waals surface area contributed by atoms with Crippen LogP contribution in [0.5, 0.6) is 0 Å². The second-order valence-electron chi connectivity index (χ2n) is 5.27. The van der Waals surface area contributed by atoms with Crippen molar-refractivity contribution in [3.63, 3.8) is 0 Å². The Labute approximate surface area is 120 Å². The van der Waals surface area contributed by atoms with Gasteiger partial charge in [-0.1, -0.05) is 13.8 Å². The van der Waals surface area contributed by atoms with Crippen LogP contribution in [0, 0.1) is 12.8 Å². The Hall–Kier alpha value is -0.520. The highest BCUT2D eigenvalue weighted by atomic mass is 35.5. The Balaban J connectivity index is 3.05. The van der Waals surface area contributed by atoms with Crippen molar-refractivity contribution in [3.05, 3.63) is 17.6 Å². The Bertz CT molecular complexity index is 522. The SMILES string of the molecule is Cc1oc(CCl)cc1S(=O)(=O)N(C)C(C)CC(C)C. The van der Waals surface area contributed by atoms with Crippen molar-refractivity contribution in [1.82, 2.24) is 4.31 Å². The van der Waals surface area contributed by atoms with Gasteiger partial charge in [0.05, 0.1) is 5.88 Å². The number of hydrogen-bond donors (Lipinski definition) is 0. The molecule has 0 aliphatic rings. The molecule has 6 heteroatoms. The number of rotatable bonds is 6. The first-order valence-corrected chi connectivity index (χ1v) is 8.30. The van der Waals surface area contributed by atoms with Crippen LogP contribution in [0.15, 0.2) is 15.4 Å². The average molecular weight is 308 g/mol. The lowest BCUT2D eigenvalue weighted by Crippen LogP contribution is -2.36. The summed E-state index contributed by atoms with van der Waals surface area (Å²) in [5.74, 6) is 1.47. The number of nitrogens with zero attached hydrogens (tertiary/aromatic N) is 1. The highest BCUT2D eigenvalue weighted by molar-refractivity contribution is 7.89. The molecule has 19 heavy (non-hydrogen) atoms. The molecule has 0 radical (unpaired) electrons. The maximum atomic E-state index is 12.5. The predicted molar refractivity (Wildman–Crippen MR) is 76.9 cm³/mol. The summed E-state index contributed by atoms with van der Waals surface area (Å²) in [4.78, 5) is 0.209. The molecule has 4 nitrogen and oxygen atoms in total. The number of alkyl halides is 1. The summed E-state index contributed by atoms with van der Waals surface area (Å²) in [6.45, 7) is 7.70. The fourth-order valence-electron chi connectivity index (χ4n) is 2.07. The molecule has 0 bridgehead atoms. The van der Waals surface area contributed by atoms with Gasteiger partial charge in [-0.15, -0.1) is 11.6 Å². The van der Waals surface area contributed by atoms with Gasteiger partial charge in [0.2, 0.25) is 10.0 Å². The third kappa shape index (κ3) is 3.74. The van der Waals surface area contributed by atoms with Gasteiger partial charge < -0.3 is 4.42 Å². The zero-order valence-corrected chi connectivity index (χ0v) is 13.7. The summed E-state index contributed by atoms with van der Waals surface area (Å²) >= 11 is 5.67. The Kier molecular flexibility index (Phi) is 5.47. The van der Waals surface area contributed by atoms with Gasteiger partial charge in [0.25, 0.3) is 0 Å². The minimum absolute atomic E-state index is 0.0567. The highest BCUT2D eigenvalue weighted by Gasteiger charge is 2.29. The van der Waals surface area contributed by atoms with Gasteiger partial charge in [0.1, 0.15) is 16.4 Å². The first-order chi connectivity index (χ1) is 8.70. The maximum absolute atomic E-state index is 12.5. The van der Waals surface area contributed by atoms with E-state index < -0.39 is 10.0 Å². The van der Waals surface area contributed by atoms with Crippen LogP contribution in [0.3, 0.4) is 0 Å². The van der Waals surface area contributed by atoms with Gasteiger partial charge >= 0.3 is 0 Å². The Morgan fingerprint density at radius 2 is 1.95 bits per heavy atom. The van der Waals surface area contributed by atoms with Crippen LogP contribution < -0.4 is 0 Å². The molecule has 0 saturated carbocycles. The topological polar surface area (TPSA) is 50.5 Å². The van der Waals surface area contributed by atoms with Crippen molar-refractivity contribution >= 4 is 21.6 Å². The van der Waals surface area contributed by atoms with E-state index in [9.17, 15) is 8.42 Å². The highest BCUT2D eigenvalue weighted by Crippen LogP contribution is 2.26. The van der Waals surface area contributed by atoms with E-state index in [2.05, 4.69) is 13.8 Å². The van der Waals surface area contributed by atoms with E-state index >= 15 is 0 Å². The second-order valence-corrected chi connectivity index (χ2v) is 7.50. The van der Waals surface area contributed by atoms with Crippen LogP contribution in [0.25, 0.3) is 0 Å². The maximum Gasteiger partial charge on any atom is 0.246 e. The van der Waals surface area contributed by atoms with E-state index in [1.165, 1.54) is 10.4 Å². The van der Waals surface area contributed by atoms with Gasteiger partial charge in [0, 0.05) is 19.2 Å². The normalized spacial score (nSPS) is 14.3. The lowest BCUT2D eigenvalue weighted by atomic mass is 10.1. The van der Waals surface area contributed by atoms with E-state index in [0.29, 0.717) is 17.4 Å². The largest absolute Gasteiger partial charge is 0.464 e. The van der Waals surface area contributed by atoms with E-state index in [-0.39, 0.29) is 16.8 Å². The summed E-state index contributed by atoms with van der Waals surface area (Å²) in [6, 6.07) is 1.45. The molecule has 0 saturated heterocycles. The quantitative estimate of drug-likeness (QED) is 0.757. The van der Waals surface area contributed by atoms with Crippen molar-refractivity contribution in [2.75, 3.05) is 7.05 Å². The Morgan fingerprint density at radius 3 is 2.37 bits per heavy atom. The van der Waals surface area contributed by atoms with Crippen LogP contribution in [0.2, 0.25) is 0 Å². The fraction of sp³-hybridized carbons (Fsp3) is 0.692. The minimum Gasteiger partial charge on any atom is -0.464 e. The number of hydrogen-bond acceptors (Lipinski definition) is 3. The molecular weight excluding hydrogens is 286 g/mol. The third-order valence-corrected chi connectivity index (χ3v) is 5.49. The smallest absolute Gasteiger partial charge is 0.246 e. The molecule has 0 fully saturated rings. The third-order valence-electron chi connectivity index (χ3n) is 3.15. The first kappa shape index (κ1) is 16.5. The molecule has 0 aliphatic heterocycles. The van der Waals surface area contributed by atoms with Crippen molar-refractivity contribution in [1.29, 1.82) is 0 Å². The first-order valence-electron chi connectivity index (χ1n) is 6.33. The summed E-state index contributed by atoms with van der Waals surface area (Å²) in [6.07, 6.45) is 0.814. The van der Waals surface area contributed by atoms with Crippen molar-refractivity contribution in [2.45, 2.75) is 50.9 Å². The lowest BCUT2D eigenvalue weighted by Gasteiger charge is -2.25. The number of aryl methyl sites for hydroxylation is 1. The molecule has 1 atom stereocenters. The van der Waals surface area contributed by atoms with Crippen LogP contribution in [0.1, 0.15) is 38.7 Å². The fourth-order valence-corrected chi connectivity index (χ4v) is 3.76. The van der Waals surface area contributed by atoms with Crippen LogP contribution in [-0.4, -0.2) is 25.8 Å². The molecule has 0 aliphatic carbocycles. The molecular formula is C13H22ClNO3S. The standard InChI is InChI=1S/C13H22ClNO3S/c1-9(2)6-10(3)15(5)19(16,17)13-7-12(8-14)18-11(13)4/h7,9-10H,6,8H2,1-5H3. The molecule has 1 heterocycles. The number of halogens is 1. The summed E-state index contributed by atoms with van der Waals surface area (Å²) in [5.41, 5.74) is 0. The van der Waals surface area contributed by atoms with Crippen molar-refractivity contribution in [3.8, 4) is 0 Å². The molecule has 0 N–H and O–H groups in total. The van der Waals surface area contributed by atoms with Gasteiger partial charge in [-0.05, 0) is 26.2 Å². The van der Waals surface area contributed by atoms with Crippen molar-refractivity contribution < 1.29 is 12.8 Å². The van der Waals surface area contributed by atoms with E-state index in [0.717, 1.165) is 6.42 Å². The van der Waals surface area contributed by atoms with E-state index in [1.807, 2.05) is 6.92 Å². The summed E-state index contributed by atoms with van der Waals surface area (Å²) in [7, 11) is -1.92. The summed E-state index contributed by atoms with van der Waals surface area (Å²) < 4.78 is 31.8. The molecule has 0 spiro atoms. The number of sulfonamides is 1.